The lowest BCUT2D eigenvalue weighted by Gasteiger charge is -2.20. The molecule has 0 unspecified atom stereocenters. The Morgan fingerprint density at radius 3 is 2.68 bits per heavy atom. The number of benzene rings is 1. The number of amides is 1. The number of carbonyl (C=O) groups is 1. The highest BCUT2D eigenvalue weighted by molar-refractivity contribution is 5.95. The molecule has 3 N–H and O–H groups in total. The first kappa shape index (κ1) is 15.3. The van der Waals surface area contributed by atoms with E-state index in [9.17, 15) is 4.79 Å². The molecule has 0 aliphatic carbocycles. The third kappa shape index (κ3) is 4.44. The summed E-state index contributed by atoms with van der Waals surface area (Å²) in [4.78, 5) is 14.1. The van der Waals surface area contributed by atoms with Gasteiger partial charge in [0.1, 0.15) is 5.75 Å². The summed E-state index contributed by atoms with van der Waals surface area (Å²) in [7, 11) is 3.58. The Morgan fingerprint density at radius 1 is 1.47 bits per heavy atom. The quantitative estimate of drug-likeness (QED) is 0.762. The fourth-order valence-corrected chi connectivity index (χ4v) is 1.58. The van der Waals surface area contributed by atoms with Crippen LogP contribution in [-0.2, 0) is 0 Å². The lowest BCUT2D eigenvalue weighted by Crippen LogP contribution is -2.36. The maximum atomic E-state index is 11.9. The number of hydrogen-bond donors (Lipinski definition) is 2. The summed E-state index contributed by atoms with van der Waals surface area (Å²) in [5, 5.41) is 2.87. The topological polar surface area (TPSA) is 67.6 Å². The molecule has 0 heterocycles. The maximum Gasteiger partial charge on any atom is 0.251 e. The second kappa shape index (κ2) is 6.99. The first-order valence-corrected chi connectivity index (χ1v) is 6.37. The molecule has 1 amide bonds. The van der Waals surface area contributed by atoms with E-state index < -0.39 is 0 Å². The van der Waals surface area contributed by atoms with Crippen molar-refractivity contribution in [1.82, 2.24) is 10.2 Å². The lowest BCUT2D eigenvalue weighted by molar-refractivity contribution is 0.0948. The van der Waals surface area contributed by atoms with Gasteiger partial charge in [0.25, 0.3) is 5.91 Å². The Kier molecular flexibility index (Phi) is 5.63. The van der Waals surface area contributed by atoms with Crippen molar-refractivity contribution in [3.63, 3.8) is 0 Å². The molecule has 19 heavy (non-hydrogen) atoms. The van der Waals surface area contributed by atoms with Crippen molar-refractivity contribution in [3.05, 3.63) is 23.8 Å². The van der Waals surface area contributed by atoms with E-state index in [-0.39, 0.29) is 5.91 Å². The summed E-state index contributed by atoms with van der Waals surface area (Å²) < 4.78 is 5.06. The van der Waals surface area contributed by atoms with Crippen molar-refractivity contribution in [3.8, 4) is 5.75 Å². The molecule has 0 bridgehead atoms. The Balaban J connectivity index is 2.52. The number of nitrogen functional groups attached to an aromatic ring is 1. The van der Waals surface area contributed by atoms with E-state index in [1.165, 1.54) is 0 Å². The van der Waals surface area contributed by atoms with E-state index in [0.717, 1.165) is 6.54 Å². The lowest BCUT2D eigenvalue weighted by atomic mass is 10.1. The van der Waals surface area contributed by atoms with Crippen LogP contribution < -0.4 is 15.8 Å². The number of nitrogens with zero attached hydrogens (tertiary/aromatic N) is 1. The van der Waals surface area contributed by atoms with Gasteiger partial charge in [0, 0.05) is 24.7 Å². The zero-order valence-corrected chi connectivity index (χ0v) is 12.1. The molecule has 0 radical (unpaired) electrons. The monoisotopic (exact) mass is 265 g/mol. The molecule has 0 aromatic heterocycles. The van der Waals surface area contributed by atoms with E-state index in [2.05, 4.69) is 24.1 Å². The standard InChI is InChI=1S/C14H23N3O2/c1-10(2)17(3)8-7-16-14(18)11-5-6-13(19-4)12(15)9-11/h5-6,9-10H,7-8,15H2,1-4H3,(H,16,18). The molecule has 0 saturated heterocycles. The van der Waals surface area contributed by atoms with Gasteiger partial charge in [-0.25, -0.2) is 0 Å². The molecule has 1 aromatic carbocycles. The van der Waals surface area contributed by atoms with Gasteiger partial charge in [0.15, 0.2) is 0 Å². The normalized spacial score (nSPS) is 10.8. The second-order valence-electron chi connectivity index (χ2n) is 4.79. The van der Waals surface area contributed by atoms with Crippen molar-refractivity contribution >= 4 is 11.6 Å². The average molecular weight is 265 g/mol. The largest absolute Gasteiger partial charge is 0.495 e. The first-order valence-electron chi connectivity index (χ1n) is 6.37. The Labute approximate surface area is 114 Å². The number of carbonyl (C=O) groups excluding carboxylic acids is 1. The summed E-state index contributed by atoms with van der Waals surface area (Å²) in [6.07, 6.45) is 0. The number of ether oxygens (including phenoxy) is 1. The maximum absolute atomic E-state index is 11.9. The molecular weight excluding hydrogens is 242 g/mol. The van der Waals surface area contributed by atoms with Crippen molar-refractivity contribution in [2.45, 2.75) is 19.9 Å². The van der Waals surface area contributed by atoms with Crippen LogP contribution >= 0.6 is 0 Å². The van der Waals surface area contributed by atoms with E-state index in [4.69, 9.17) is 10.5 Å². The van der Waals surface area contributed by atoms with Crippen LogP contribution in [0.5, 0.6) is 5.75 Å². The van der Waals surface area contributed by atoms with Crippen molar-refractivity contribution in [1.29, 1.82) is 0 Å². The predicted molar refractivity (Wildman–Crippen MR) is 77.5 cm³/mol. The van der Waals surface area contributed by atoms with Gasteiger partial charge in [-0.3, -0.25) is 4.79 Å². The smallest absolute Gasteiger partial charge is 0.251 e. The number of nitrogens with one attached hydrogen (secondary N) is 1. The number of hydrogen-bond acceptors (Lipinski definition) is 4. The van der Waals surface area contributed by atoms with Gasteiger partial charge in [-0.2, -0.15) is 0 Å². The predicted octanol–water partition coefficient (Wildman–Crippen LogP) is 1.35. The molecule has 0 spiro atoms. The minimum absolute atomic E-state index is 0.119. The molecule has 0 atom stereocenters. The summed E-state index contributed by atoms with van der Waals surface area (Å²) >= 11 is 0. The number of rotatable bonds is 6. The average Bonchev–Trinajstić information content (AvgIpc) is 2.38. The highest BCUT2D eigenvalue weighted by Crippen LogP contribution is 2.21. The number of likely N-dealkylation sites (N-methyl/N-ethyl adjacent to an activating group) is 1. The molecule has 0 fully saturated rings. The van der Waals surface area contributed by atoms with Crippen LogP contribution in [0.3, 0.4) is 0 Å². The molecule has 0 aliphatic rings. The minimum Gasteiger partial charge on any atom is -0.495 e. The summed E-state index contributed by atoms with van der Waals surface area (Å²) in [6, 6.07) is 5.50. The van der Waals surface area contributed by atoms with Gasteiger partial charge in [0.05, 0.1) is 12.8 Å². The highest BCUT2D eigenvalue weighted by atomic mass is 16.5. The highest BCUT2D eigenvalue weighted by Gasteiger charge is 2.09. The van der Waals surface area contributed by atoms with E-state index in [1.807, 2.05) is 7.05 Å². The summed E-state index contributed by atoms with van der Waals surface area (Å²) in [5.41, 5.74) is 6.79. The van der Waals surface area contributed by atoms with Crippen molar-refractivity contribution in [2.75, 3.05) is 33.0 Å². The molecule has 5 nitrogen and oxygen atoms in total. The minimum atomic E-state index is -0.119. The number of anilines is 1. The van der Waals surface area contributed by atoms with Gasteiger partial charge in [-0.05, 0) is 39.1 Å². The van der Waals surface area contributed by atoms with E-state index in [0.29, 0.717) is 29.6 Å². The number of methoxy groups -OCH3 is 1. The van der Waals surface area contributed by atoms with Crippen molar-refractivity contribution < 1.29 is 9.53 Å². The zero-order valence-electron chi connectivity index (χ0n) is 12.1. The van der Waals surface area contributed by atoms with Crippen LogP contribution in [-0.4, -0.2) is 44.1 Å². The van der Waals surface area contributed by atoms with Crippen LogP contribution in [0.15, 0.2) is 18.2 Å². The zero-order chi connectivity index (χ0) is 14.4. The van der Waals surface area contributed by atoms with Gasteiger partial charge in [0.2, 0.25) is 0 Å². The second-order valence-corrected chi connectivity index (χ2v) is 4.79. The number of nitrogens with two attached hydrogens (primary N) is 1. The van der Waals surface area contributed by atoms with Crippen LogP contribution in [0.25, 0.3) is 0 Å². The van der Waals surface area contributed by atoms with Gasteiger partial charge >= 0.3 is 0 Å². The van der Waals surface area contributed by atoms with Crippen LogP contribution in [0.2, 0.25) is 0 Å². The van der Waals surface area contributed by atoms with Crippen LogP contribution in [0.4, 0.5) is 5.69 Å². The van der Waals surface area contributed by atoms with Crippen molar-refractivity contribution in [2.24, 2.45) is 0 Å². The molecule has 1 aromatic rings. The summed E-state index contributed by atoms with van der Waals surface area (Å²) in [5.74, 6) is 0.461. The fraction of sp³-hybridized carbons (Fsp3) is 0.500. The van der Waals surface area contributed by atoms with Gasteiger partial charge in [-0.1, -0.05) is 0 Å². The first-order chi connectivity index (χ1) is 8.95. The van der Waals surface area contributed by atoms with Gasteiger partial charge < -0.3 is 20.7 Å². The summed E-state index contributed by atoms with van der Waals surface area (Å²) in [6.45, 7) is 5.66. The molecule has 0 aliphatic heterocycles. The molecule has 5 heteroatoms. The molecule has 1 rings (SSSR count). The SMILES string of the molecule is COc1ccc(C(=O)NCCN(C)C(C)C)cc1N. The molecule has 106 valence electrons. The third-order valence-electron chi connectivity index (χ3n) is 3.12. The Hall–Kier alpha value is -1.75. The van der Waals surface area contributed by atoms with E-state index >= 15 is 0 Å². The fourth-order valence-electron chi connectivity index (χ4n) is 1.58. The van der Waals surface area contributed by atoms with E-state index in [1.54, 1.807) is 25.3 Å². The Bertz CT molecular complexity index is 433. The Morgan fingerprint density at radius 2 is 2.16 bits per heavy atom. The molecule has 0 saturated carbocycles. The molecular formula is C14H23N3O2. The van der Waals surface area contributed by atoms with Gasteiger partial charge in [-0.15, -0.1) is 0 Å². The third-order valence-corrected chi connectivity index (χ3v) is 3.12. The van der Waals surface area contributed by atoms with Crippen LogP contribution in [0.1, 0.15) is 24.2 Å². The van der Waals surface area contributed by atoms with Crippen LogP contribution in [0, 0.1) is 0 Å².